The summed E-state index contributed by atoms with van der Waals surface area (Å²) in [5.74, 6) is -0.729. The van der Waals surface area contributed by atoms with Crippen LogP contribution in [-0.4, -0.2) is 66.3 Å². The predicted octanol–water partition coefficient (Wildman–Crippen LogP) is 5.37. The van der Waals surface area contributed by atoms with E-state index in [9.17, 15) is 9.90 Å². The molecule has 1 aliphatic rings. The normalized spacial score (nSPS) is 18.8. The van der Waals surface area contributed by atoms with Gasteiger partial charge in [-0.1, -0.05) is 77.6 Å². The maximum Gasteiger partial charge on any atom is 0.303 e. The molecule has 0 amide bonds. The summed E-state index contributed by atoms with van der Waals surface area (Å²) in [6, 6.07) is 0. The average Bonchev–Trinajstić information content (AvgIpc) is 3.19. The number of rotatable bonds is 22. The van der Waals surface area contributed by atoms with Crippen LogP contribution in [0.15, 0.2) is 0 Å². The second kappa shape index (κ2) is 20.0. The number of aliphatic hydroxyl groups is 1. The zero-order valence-corrected chi connectivity index (χ0v) is 20.1. The molecule has 1 heterocycles. The van der Waals surface area contributed by atoms with Gasteiger partial charge in [0.2, 0.25) is 0 Å². The first-order valence-corrected chi connectivity index (χ1v) is 13.0. The summed E-state index contributed by atoms with van der Waals surface area (Å²) >= 11 is 0. The first kappa shape index (κ1) is 28.3. The first-order chi connectivity index (χ1) is 15.2. The molecule has 31 heavy (non-hydrogen) atoms. The van der Waals surface area contributed by atoms with Gasteiger partial charge in [0, 0.05) is 19.5 Å². The number of unbranched alkanes of at least 4 members (excludes halogenated alkanes) is 12. The number of ether oxygens (including phenoxy) is 2. The molecule has 2 atom stereocenters. The molecule has 0 aliphatic carbocycles. The highest BCUT2D eigenvalue weighted by atomic mass is 16.7. The molecule has 6 heteroatoms. The summed E-state index contributed by atoms with van der Waals surface area (Å²) < 4.78 is 11.9. The van der Waals surface area contributed by atoms with E-state index in [4.69, 9.17) is 14.6 Å². The lowest BCUT2D eigenvalue weighted by Crippen LogP contribution is -2.36. The van der Waals surface area contributed by atoms with Crippen molar-refractivity contribution in [3.8, 4) is 0 Å². The van der Waals surface area contributed by atoms with E-state index < -0.39 is 5.97 Å². The quantitative estimate of drug-likeness (QED) is 0.219. The molecule has 1 rings (SSSR count). The van der Waals surface area contributed by atoms with Crippen LogP contribution in [0.4, 0.5) is 0 Å². The smallest absolute Gasteiger partial charge is 0.303 e. The van der Waals surface area contributed by atoms with Gasteiger partial charge in [-0.05, 0) is 32.2 Å². The molecule has 184 valence electrons. The summed E-state index contributed by atoms with van der Waals surface area (Å²) in [6.45, 7) is 5.29. The van der Waals surface area contributed by atoms with Crippen LogP contribution >= 0.6 is 0 Å². The highest BCUT2D eigenvalue weighted by molar-refractivity contribution is 5.66. The van der Waals surface area contributed by atoms with Crippen LogP contribution in [-0.2, 0) is 14.3 Å². The summed E-state index contributed by atoms with van der Waals surface area (Å²) in [5.41, 5.74) is 0. The summed E-state index contributed by atoms with van der Waals surface area (Å²) in [4.78, 5) is 12.8. The van der Waals surface area contributed by atoms with E-state index in [2.05, 4.69) is 11.8 Å². The van der Waals surface area contributed by atoms with Gasteiger partial charge in [0.1, 0.15) is 0 Å². The Labute approximate surface area is 190 Å². The Bertz CT molecular complexity index is 421. The number of hydrogen-bond donors (Lipinski definition) is 2. The van der Waals surface area contributed by atoms with Crippen LogP contribution in [0.2, 0.25) is 0 Å². The number of carboxylic acids is 1. The van der Waals surface area contributed by atoms with Crippen LogP contribution in [0, 0.1) is 0 Å². The molecular weight excluding hydrogens is 394 g/mol. The average molecular weight is 444 g/mol. The SMILES string of the molecule is CCCCCCCCCCCCCC1OCC(CN(CCO)CCCCCC(=O)O)O1. The van der Waals surface area contributed by atoms with Gasteiger partial charge in [0.05, 0.1) is 19.3 Å². The maximum atomic E-state index is 10.6. The minimum absolute atomic E-state index is 0.0725. The van der Waals surface area contributed by atoms with Crippen LogP contribution in [0.5, 0.6) is 0 Å². The lowest BCUT2D eigenvalue weighted by Gasteiger charge is -2.24. The van der Waals surface area contributed by atoms with Gasteiger partial charge in [-0.25, -0.2) is 0 Å². The van der Waals surface area contributed by atoms with Crippen molar-refractivity contribution in [1.82, 2.24) is 4.90 Å². The monoisotopic (exact) mass is 443 g/mol. The van der Waals surface area contributed by atoms with Gasteiger partial charge in [0.25, 0.3) is 0 Å². The number of aliphatic hydroxyl groups excluding tert-OH is 1. The fraction of sp³-hybridized carbons (Fsp3) is 0.960. The summed E-state index contributed by atoms with van der Waals surface area (Å²) in [7, 11) is 0. The van der Waals surface area contributed by atoms with Crippen molar-refractivity contribution >= 4 is 5.97 Å². The van der Waals surface area contributed by atoms with Crippen LogP contribution in [0.1, 0.15) is 110 Å². The zero-order chi connectivity index (χ0) is 22.6. The maximum absolute atomic E-state index is 10.6. The minimum atomic E-state index is -0.729. The number of aliphatic carboxylic acids is 1. The number of carbonyl (C=O) groups is 1. The molecule has 1 aliphatic heterocycles. The molecule has 1 fully saturated rings. The highest BCUT2D eigenvalue weighted by Gasteiger charge is 2.27. The van der Waals surface area contributed by atoms with Gasteiger partial charge in [-0.2, -0.15) is 0 Å². The Balaban J connectivity index is 2.01. The third kappa shape index (κ3) is 16.6. The molecule has 0 aromatic rings. The lowest BCUT2D eigenvalue weighted by molar-refractivity contribution is -0.137. The molecule has 0 radical (unpaired) electrons. The molecule has 2 unspecified atom stereocenters. The van der Waals surface area contributed by atoms with Crippen molar-refractivity contribution in [3.63, 3.8) is 0 Å². The summed E-state index contributed by atoms with van der Waals surface area (Å²) in [6.07, 6.45) is 18.6. The molecule has 0 aromatic carbocycles. The number of nitrogens with zero attached hydrogens (tertiary/aromatic N) is 1. The third-order valence-corrected chi connectivity index (χ3v) is 6.10. The van der Waals surface area contributed by atoms with Crippen LogP contribution in [0.3, 0.4) is 0 Å². The van der Waals surface area contributed by atoms with Gasteiger partial charge < -0.3 is 19.7 Å². The molecule has 0 aromatic heterocycles. The van der Waals surface area contributed by atoms with Crippen molar-refractivity contribution in [1.29, 1.82) is 0 Å². The van der Waals surface area contributed by atoms with Crippen LogP contribution < -0.4 is 0 Å². The van der Waals surface area contributed by atoms with E-state index in [1.165, 1.54) is 64.2 Å². The highest BCUT2D eigenvalue weighted by Crippen LogP contribution is 2.19. The van der Waals surface area contributed by atoms with Gasteiger partial charge in [-0.15, -0.1) is 0 Å². The lowest BCUT2D eigenvalue weighted by atomic mass is 10.1. The Morgan fingerprint density at radius 3 is 2.10 bits per heavy atom. The molecule has 2 N–H and O–H groups in total. The van der Waals surface area contributed by atoms with E-state index in [-0.39, 0.29) is 25.4 Å². The minimum Gasteiger partial charge on any atom is -0.481 e. The molecule has 0 spiro atoms. The Hall–Kier alpha value is -0.690. The zero-order valence-electron chi connectivity index (χ0n) is 20.1. The van der Waals surface area contributed by atoms with Crippen molar-refractivity contribution in [2.45, 2.75) is 122 Å². The molecule has 0 bridgehead atoms. The third-order valence-electron chi connectivity index (χ3n) is 6.10. The fourth-order valence-electron chi connectivity index (χ4n) is 4.24. The van der Waals surface area contributed by atoms with Crippen molar-refractivity contribution in [2.24, 2.45) is 0 Å². The number of hydrogen-bond acceptors (Lipinski definition) is 5. The van der Waals surface area contributed by atoms with E-state index in [0.717, 1.165) is 38.8 Å². The first-order valence-electron chi connectivity index (χ1n) is 13.0. The predicted molar refractivity (Wildman–Crippen MR) is 125 cm³/mol. The van der Waals surface area contributed by atoms with E-state index in [1.807, 2.05) is 0 Å². The molecule has 1 saturated heterocycles. The topological polar surface area (TPSA) is 79.2 Å². The second-order valence-electron chi connectivity index (χ2n) is 9.07. The summed E-state index contributed by atoms with van der Waals surface area (Å²) in [5, 5.41) is 18.0. The van der Waals surface area contributed by atoms with E-state index >= 15 is 0 Å². The van der Waals surface area contributed by atoms with E-state index in [0.29, 0.717) is 19.6 Å². The largest absolute Gasteiger partial charge is 0.481 e. The molecule has 6 nitrogen and oxygen atoms in total. The Morgan fingerprint density at radius 1 is 0.871 bits per heavy atom. The fourth-order valence-corrected chi connectivity index (χ4v) is 4.24. The van der Waals surface area contributed by atoms with Gasteiger partial charge in [0.15, 0.2) is 6.29 Å². The van der Waals surface area contributed by atoms with E-state index in [1.54, 1.807) is 0 Å². The second-order valence-corrected chi connectivity index (χ2v) is 9.07. The Kier molecular flexibility index (Phi) is 18.2. The van der Waals surface area contributed by atoms with Gasteiger partial charge >= 0.3 is 5.97 Å². The van der Waals surface area contributed by atoms with Crippen molar-refractivity contribution in [3.05, 3.63) is 0 Å². The molecular formula is C25H49NO5. The standard InChI is InChI=1S/C25H49NO5/c1-2-3-4-5-6-7-8-9-10-11-14-17-25-30-22-23(31-25)21-26(19-20-27)18-15-12-13-16-24(28)29/h23,25,27H,2-22H2,1H3,(H,28,29). The van der Waals surface area contributed by atoms with Crippen molar-refractivity contribution in [2.75, 3.05) is 32.8 Å². The van der Waals surface area contributed by atoms with Crippen LogP contribution in [0.25, 0.3) is 0 Å². The van der Waals surface area contributed by atoms with Crippen molar-refractivity contribution < 1.29 is 24.5 Å². The number of carboxylic acid groups (broad SMARTS) is 1. The Morgan fingerprint density at radius 2 is 1.48 bits per heavy atom. The van der Waals surface area contributed by atoms with Gasteiger partial charge in [-0.3, -0.25) is 9.69 Å². The molecule has 0 saturated carbocycles.